The highest BCUT2D eigenvalue weighted by Crippen LogP contribution is 2.25. The molecular weight excluding hydrogens is 250 g/mol. The van der Waals surface area contributed by atoms with Gasteiger partial charge in [-0.3, -0.25) is 0 Å². The van der Waals surface area contributed by atoms with E-state index in [0.29, 0.717) is 6.54 Å². The number of aryl methyl sites for hydroxylation is 1. The van der Waals surface area contributed by atoms with Gasteiger partial charge in [0.15, 0.2) is 0 Å². The predicted molar refractivity (Wildman–Crippen MR) is 80.2 cm³/mol. The zero-order valence-electron chi connectivity index (χ0n) is 11.6. The van der Waals surface area contributed by atoms with E-state index < -0.39 is 0 Å². The van der Waals surface area contributed by atoms with Crippen LogP contribution in [0.3, 0.4) is 0 Å². The molecule has 0 unspecified atom stereocenters. The summed E-state index contributed by atoms with van der Waals surface area (Å²) in [5.41, 5.74) is 4.15. The van der Waals surface area contributed by atoms with Gasteiger partial charge in [0.2, 0.25) is 0 Å². The normalized spacial score (nSPS) is 10.7. The number of rotatable bonds is 4. The van der Waals surface area contributed by atoms with Gasteiger partial charge in [0, 0.05) is 12.4 Å². The standard InChI is InChI=1S/C16H17N3O/c1-12-6-7-15(20-2)14(9-12)17-10-13-11-19-8-4-3-5-16(19)18-13/h3-9,11,17H,10H2,1-2H3. The molecule has 0 fully saturated rings. The monoisotopic (exact) mass is 267 g/mol. The average Bonchev–Trinajstić information content (AvgIpc) is 2.88. The molecule has 0 atom stereocenters. The molecule has 0 saturated heterocycles. The van der Waals surface area contributed by atoms with Crippen LogP contribution in [0.25, 0.3) is 5.65 Å². The highest BCUT2D eigenvalue weighted by molar-refractivity contribution is 5.58. The lowest BCUT2D eigenvalue weighted by molar-refractivity contribution is 0.416. The van der Waals surface area contributed by atoms with Gasteiger partial charge in [0.1, 0.15) is 11.4 Å². The summed E-state index contributed by atoms with van der Waals surface area (Å²) in [6.07, 6.45) is 4.03. The van der Waals surface area contributed by atoms with E-state index in [1.807, 2.05) is 47.1 Å². The highest BCUT2D eigenvalue weighted by atomic mass is 16.5. The second kappa shape index (κ2) is 5.25. The molecule has 20 heavy (non-hydrogen) atoms. The fraction of sp³-hybridized carbons (Fsp3) is 0.188. The quantitative estimate of drug-likeness (QED) is 0.788. The van der Waals surface area contributed by atoms with Gasteiger partial charge >= 0.3 is 0 Å². The molecule has 0 spiro atoms. The number of ether oxygens (including phenoxy) is 1. The molecule has 102 valence electrons. The third-order valence-electron chi connectivity index (χ3n) is 3.23. The van der Waals surface area contributed by atoms with Gasteiger partial charge in [0.05, 0.1) is 25.0 Å². The molecule has 4 heteroatoms. The highest BCUT2D eigenvalue weighted by Gasteiger charge is 2.05. The maximum atomic E-state index is 5.36. The molecule has 1 aromatic carbocycles. The van der Waals surface area contributed by atoms with Crippen LogP contribution in [0.1, 0.15) is 11.3 Å². The van der Waals surface area contributed by atoms with Crippen molar-refractivity contribution >= 4 is 11.3 Å². The number of methoxy groups -OCH3 is 1. The maximum Gasteiger partial charge on any atom is 0.141 e. The number of anilines is 1. The van der Waals surface area contributed by atoms with Crippen molar-refractivity contribution in [2.24, 2.45) is 0 Å². The minimum atomic E-state index is 0.668. The van der Waals surface area contributed by atoms with Crippen molar-refractivity contribution in [3.8, 4) is 5.75 Å². The molecule has 0 aliphatic carbocycles. The molecule has 0 amide bonds. The Morgan fingerprint density at radius 2 is 2.15 bits per heavy atom. The van der Waals surface area contributed by atoms with Crippen LogP contribution in [0.2, 0.25) is 0 Å². The van der Waals surface area contributed by atoms with Crippen molar-refractivity contribution in [3.63, 3.8) is 0 Å². The summed E-state index contributed by atoms with van der Waals surface area (Å²) in [6, 6.07) is 12.1. The molecule has 0 aliphatic heterocycles. The molecule has 4 nitrogen and oxygen atoms in total. The first-order valence-electron chi connectivity index (χ1n) is 6.57. The van der Waals surface area contributed by atoms with E-state index in [-0.39, 0.29) is 0 Å². The van der Waals surface area contributed by atoms with Gasteiger partial charge in [0.25, 0.3) is 0 Å². The lowest BCUT2D eigenvalue weighted by atomic mass is 10.2. The summed E-state index contributed by atoms with van der Waals surface area (Å²) >= 11 is 0. The Morgan fingerprint density at radius 1 is 1.25 bits per heavy atom. The number of pyridine rings is 1. The summed E-state index contributed by atoms with van der Waals surface area (Å²) in [6.45, 7) is 2.73. The fourth-order valence-electron chi connectivity index (χ4n) is 2.22. The SMILES string of the molecule is COc1ccc(C)cc1NCc1cn2ccccc2n1. The van der Waals surface area contributed by atoms with Crippen LogP contribution in [0.15, 0.2) is 48.8 Å². The van der Waals surface area contributed by atoms with Crippen molar-refractivity contribution < 1.29 is 4.74 Å². The van der Waals surface area contributed by atoms with Crippen molar-refractivity contribution in [3.05, 3.63) is 60.0 Å². The van der Waals surface area contributed by atoms with Crippen LogP contribution in [0, 0.1) is 6.92 Å². The molecular formula is C16H17N3O. The lowest BCUT2D eigenvalue weighted by Gasteiger charge is -2.10. The van der Waals surface area contributed by atoms with Gasteiger partial charge in [-0.25, -0.2) is 4.98 Å². The van der Waals surface area contributed by atoms with Crippen LogP contribution in [0.4, 0.5) is 5.69 Å². The van der Waals surface area contributed by atoms with Gasteiger partial charge in [-0.1, -0.05) is 12.1 Å². The Kier molecular flexibility index (Phi) is 3.29. The molecule has 2 heterocycles. The predicted octanol–water partition coefficient (Wildman–Crippen LogP) is 3.26. The van der Waals surface area contributed by atoms with Crippen LogP contribution >= 0.6 is 0 Å². The van der Waals surface area contributed by atoms with E-state index in [9.17, 15) is 0 Å². The number of hydrogen-bond acceptors (Lipinski definition) is 3. The number of benzene rings is 1. The van der Waals surface area contributed by atoms with Gasteiger partial charge < -0.3 is 14.5 Å². The largest absolute Gasteiger partial charge is 0.495 e. The first-order chi connectivity index (χ1) is 9.76. The Labute approximate surface area is 118 Å². The van der Waals surface area contributed by atoms with E-state index in [1.54, 1.807) is 7.11 Å². The molecule has 3 aromatic rings. The third-order valence-corrected chi connectivity index (χ3v) is 3.23. The third kappa shape index (κ3) is 2.45. The number of nitrogens with one attached hydrogen (secondary N) is 1. The Balaban J connectivity index is 1.80. The molecule has 0 aliphatic rings. The smallest absolute Gasteiger partial charge is 0.141 e. The van der Waals surface area contributed by atoms with Crippen LogP contribution in [-0.2, 0) is 6.54 Å². The molecule has 2 aromatic heterocycles. The van der Waals surface area contributed by atoms with Gasteiger partial charge in [-0.05, 0) is 36.8 Å². The van der Waals surface area contributed by atoms with Crippen LogP contribution in [0.5, 0.6) is 5.75 Å². The molecule has 1 N–H and O–H groups in total. The fourth-order valence-corrected chi connectivity index (χ4v) is 2.22. The minimum absolute atomic E-state index is 0.668. The average molecular weight is 267 g/mol. The molecule has 0 radical (unpaired) electrons. The maximum absolute atomic E-state index is 5.36. The van der Waals surface area contributed by atoms with E-state index in [4.69, 9.17) is 4.74 Å². The summed E-state index contributed by atoms with van der Waals surface area (Å²) in [4.78, 5) is 4.57. The lowest BCUT2D eigenvalue weighted by Crippen LogP contribution is -2.02. The second-order valence-electron chi connectivity index (χ2n) is 4.76. The second-order valence-corrected chi connectivity index (χ2v) is 4.76. The first kappa shape index (κ1) is 12.5. The molecule has 0 saturated carbocycles. The topological polar surface area (TPSA) is 38.6 Å². The molecule has 3 rings (SSSR count). The van der Waals surface area contributed by atoms with Crippen LogP contribution < -0.4 is 10.1 Å². The van der Waals surface area contributed by atoms with Gasteiger partial charge in [-0.15, -0.1) is 0 Å². The Hall–Kier alpha value is -2.49. The van der Waals surface area contributed by atoms with Crippen molar-refractivity contribution in [1.82, 2.24) is 9.38 Å². The van der Waals surface area contributed by atoms with E-state index >= 15 is 0 Å². The zero-order chi connectivity index (χ0) is 13.9. The van der Waals surface area contributed by atoms with Crippen LogP contribution in [-0.4, -0.2) is 16.5 Å². The Bertz CT molecular complexity index is 700. The summed E-state index contributed by atoms with van der Waals surface area (Å²) in [5, 5.41) is 3.38. The zero-order valence-corrected chi connectivity index (χ0v) is 11.6. The number of nitrogens with zero attached hydrogens (tertiary/aromatic N) is 2. The summed E-state index contributed by atoms with van der Waals surface area (Å²) in [5.74, 6) is 0.847. The van der Waals surface area contributed by atoms with Crippen molar-refractivity contribution in [1.29, 1.82) is 0 Å². The minimum Gasteiger partial charge on any atom is -0.495 e. The van der Waals surface area contributed by atoms with Gasteiger partial charge in [-0.2, -0.15) is 0 Å². The summed E-state index contributed by atoms with van der Waals surface area (Å²) in [7, 11) is 1.68. The number of fused-ring (bicyclic) bond motifs is 1. The van der Waals surface area contributed by atoms with E-state index in [1.165, 1.54) is 5.56 Å². The molecule has 0 bridgehead atoms. The van der Waals surface area contributed by atoms with E-state index in [2.05, 4.69) is 23.3 Å². The van der Waals surface area contributed by atoms with Crippen molar-refractivity contribution in [2.75, 3.05) is 12.4 Å². The first-order valence-corrected chi connectivity index (χ1v) is 6.57. The van der Waals surface area contributed by atoms with E-state index in [0.717, 1.165) is 22.8 Å². The number of aromatic nitrogens is 2. The number of imidazole rings is 1. The Morgan fingerprint density at radius 3 is 2.95 bits per heavy atom. The number of hydrogen-bond donors (Lipinski definition) is 1. The van der Waals surface area contributed by atoms with Crippen molar-refractivity contribution in [2.45, 2.75) is 13.5 Å². The summed E-state index contributed by atoms with van der Waals surface area (Å²) < 4.78 is 7.38.